The van der Waals surface area contributed by atoms with Gasteiger partial charge in [0.1, 0.15) is 12.0 Å². The zero-order valence-electron chi connectivity index (χ0n) is 8.54. The van der Waals surface area contributed by atoms with E-state index in [-0.39, 0.29) is 12.3 Å². The van der Waals surface area contributed by atoms with E-state index in [1.165, 1.54) is 6.33 Å². The summed E-state index contributed by atoms with van der Waals surface area (Å²) in [5.41, 5.74) is 1.01. The summed E-state index contributed by atoms with van der Waals surface area (Å²) in [6.45, 7) is 2.01. The fourth-order valence-electron chi connectivity index (χ4n) is 1.18. The highest BCUT2D eigenvalue weighted by molar-refractivity contribution is 5.93. The normalized spacial score (nSPS) is 10.1. The Labute approximate surface area is 90.9 Å². The van der Waals surface area contributed by atoms with Crippen molar-refractivity contribution in [2.45, 2.75) is 6.92 Å². The lowest BCUT2D eigenvalue weighted by molar-refractivity contribution is 0.0520. The molecule has 0 aliphatic carbocycles. The van der Waals surface area contributed by atoms with Gasteiger partial charge in [0, 0.05) is 6.20 Å². The molecular formula is C9H9N5O2. The van der Waals surface area contributed by atoms with Gasteiger partial charge in [0.15, 0.2) is 5.69 Å². The minimum absolute atomic E-state index is 0.126. The van der Waals surface area contributed by atoms with Crippen molar-refractivity contribution in [3.63, 3.8) is 0 Å². The first-order valence-corrected chi connectivity index (χ1v) is 4.67. The molecule has 0 aromatic carbocycles. The summed E-state index contributed by atoms with van der Waals surface area (Å²) < 4.78 is 4.84. The highest BCUT2D eigenvalue weighted by Gasteiger charge is 2.19. The Bertz CT molecular complexity index is 482. The minimum Gasteiger partial charge on any atom is -0.461 e. The third-order valence-corrected chi connectivity index (χ3v) is 1.84. The molecule has 0 unspecified atom stereocenters. The van der Waals surface area contributed by atoms with Gasteiger partial charge < -0.3 is 4.74 Å². The van der Waals surface area contributed by atoms with Crippen LogP contribution in [0.4, 0.5) is 0 Å². The zero-order chi connectivity index (χ0) is 11.4. The number of ether oxygens (including phenoxy) is 1. The van der Waals surface area contributed by atoms with Crippen LogP contribution in [-0.4, -0.2) is 38.0 Å². The second-order valence-corrected chi connectivity index (χ2v) is 2.84. The van der Waals surface area contributed by atoms with Gasteiger partial charge in [-0.2, -0.15) is 10.3 Å². The van der Waals surface area contributed by atoms with E-state index in [0.717, 1.165) is 0 Å². The molecule has 0 amide bonds. The van der Waals surface area contributed by atoms with Crippen LogP contribution in [-0.2, 0) is 4.74 Å². The van der Waals surface area contributed by atoms with E-state index in [2.05, 4.69) is 25.4 Å². The van der Waals surface area contributed by atoms with Gasteiger partial charge in [-0.25, -0.2) is 14.8 Å². The third-order valence-electron chi connectivity index (χ3n) is 1.84. The molecule has 0 saturated heterocycles. The monoisotopic (exact) mass is 219 g/mol. The summed E-state index contributed by atoms with van der Waals surface area (Å²) in [7, 11) is 0. The maximum absolute atomic E-state index is 11.5. The van der Waals surface area contributed by atoms with Crippen LogP contribution in [0.25, 0.3) is 11.4 Å². The van der Waals surface area contributed by atoms with Crippen molar-refractivity contribution in [2.75, 3.05) is 6.61 Å². The fraction of sp³-hybridized carbons (Fsp3) is 0.222. The summed E-state index contributed by atoms with van der Waals surface area (Å²) in [5.74, 6) is -0.523. The predicted molar refractivity (Wildman–Crippen MR) is 53.4 cm³/mol. The molecule has 2 aromatic rings. The van der Waals surface area contributed by atoms with Gasteiger partial charge >= 0.3 is 5.97 Å². The molecular weight excluding hydrogens is 210 g/mol. The molecule has 0 bridgehead atoms. The summed E-state index contributed by atoms with van der Waals surface area (Å²) in [6, 6.07) is 1.64. The molecule has 16 heavy (non-hydrogen) atoms. The van der Waals surface area contributed by atoms with E-state index in [1.807, 2.05) is 0 Å². The molecule has 2 aromatic heterocycles. The quantitative estimate of drug-likeness (QED) is 0.752. The standard InChI is InChI=1S/C9H9N5O2/c1-2-16-9(15)8-7(12-14-13-8)6-3-4-10-5-11-6/h3-5H,2H2,1H3,(H,12,13,14). The molecule has 82 valence electrons. The molecule has 2 heterocycles. The Morgan fingerprint density at radius 3 is 3.06 bits per heavy atom. The number of carbonyl (C=O) groups is 1. The first-order valence-electron chi connectivity index (χ1n) is 4.67. The Hall–Kier alpha value is -2.31. The lowest BCUT2D eigenvalue weighted by Crippen LogP contribution is -2.07. The second kappa shape index (κ2) is 4.47. The van der Waals surface area contributed by atoms with Crippen LogP contribution >= 0.6 is 0 Å². The molecule has 7 nitrogen and oxygen atoms in total. The number of esters is 1. The highest BCUT2D eigenvalue weighted by Crippen LogP contribution is 2.16. The fourth-order valence-corrected chi connectivity index (χ4v) is 1.18. The van der Waals surface area contributed by atoms with Crippen LogP contribution in [0.1, 0.15) is 17.4 Å². The number of hydrogen-bond acceptors (Lipinski definition) is 6. The number of nitrogens with one attached hydrogen (secondary N) is 1. The van der Waals surface area contributed by atoms with E-state index < -0.39 is 5.97 Å². The average molecular weight is 219 g/mol. The second-order valence-electron chi connectivity index (χ2n) is 2.84. The molecule has 0 aliphatic rings. The third kappa shape index (κ3) is 1.88. The minimum atomic E-state index is -0.523. The first kappa shape index (κ1) is 10.2. The van der Waals surface area contributed by atoms with Gasteiger partial charge in [-0.05, 0) is 13.0 Å². The molecule has 0 aliphatic heterocycles. The van der Waals surface area contributed by atoms with Crippen LogP contribution in [0, 0.1) is 0 Å². The number of aromatic nitrogens is 5. The van der Waals surface area contributed by atoms with Gasteiger partial charge in [0.05, 0.1) is 12.3 Å². The Morgan fingerprint density at radius 2 is 2.38 bits per heavy atom. The van der Waals surface area contributed by atoms with E-state index >= 15 is 0 Å². The Kier molecular flexibility index (Phi) is 2.86. The average Bonchev–Trinajstić information content (AvgIpc) is 2.79. The Balaban J connectivity index is 2.37. The molecule has 1 N–H and O–H groups in total. The van der Waals surface area contributed by atoms with Crippen molar-refractivity contribution < 1.29 is 9.53 Å². The number of carbonyl (C=O) groups excluding carboxylic acids is 1. The molecule has 0 saturated carbocycles. The molecule has 0 radical (unpaired) electrons. The van der Waals surface area contributed by atoms with Crippen molar-refractivity contribution in [3.8, 4) is 11.4 Å². The van der Waals surface area contributed by atoms with Crippen LogP contribution in [0.15, 0.2) is 18.6 Å². The number of hydrogen-bond donors (Lipinski definition) is 1. The topological polar surface area (TPSA) is 93.7 Å². The van der Waals surface area contributed by atoms with Gasteiger partial charge in [-0.1, -0.05) is 0 Å². The number of H-pyrrole nitrogens is 1. The number of rotatable bonds is 3. The lowest BCUT2D eigenvalue weighted by Gasteiger charge is -1.99. The van der Waals surface area contributed by atoms with Crippen molar-refractivity contribution in [1.29, 1.82) is 0 Å². The van der Waals surface area contributed by atoms with Crippen molar-refractivity contribution in [3.05, 3.63) is 24.3 Å². The largest absolute Gasteiger partial charge is 0.461 e. The summed E-state index contributed by atoms with van der Waals surface area (Å²) in [5, 5.41) is 9.98. The van der Waals surface area contributed by atoms with Gasteiger partial charge in [0.2, 0.25) is 0 Å². The van der Waals surface area contributed by atoms with Crippen molar-refractivity contribution >= 4 is 5.97 Å². The molecule has 7 heteroatoms. The maximum atomic E-state index is 11.5. The molecule has 0 atom stereocenters. The van der Waals surface area contributed by atoms with E-state index in [4.69, 9.17) is 4.74 Å². The zero-order valence-corrected chi connectivity index (χ0v) is 8.54. The van der Waals surface area contributed by atoms with Crippen LogP contribution < -0.4 is 0 Å². The summed E-state index contributed by atoms with van der Waals surface area (Å²) in [4.78, 5) is 19.3. The molecule has 0 fully saturated rings. The first-order chi connectivity index (χ1) is 7.83. The van der Waals surface area contributed by atoms with Crippen LogP contribution in [0.5, 0.6) is 0 Å². The lowest BCUT2D eigenvalue weighted by atomic mass is 10.2. The summed E-state index contributed by atoms with van der Waals surface area (Å²) >= 11 is 0. The van der Waals surface area contributed by atoms with Crippen molar-refractivity contribution in [2.24, 2.45) is 0 Å². The van der Waals surface area contributed by atoms with Gasteiger partial charge in [0.25, 0.3) is 0 Å². The SMILES string of the molecule is CCOC(=O)c1n[nH]nc1-c1ccncn1. The van der Waals surface area contributed by atoms with Crippen LogP contribution in [0.3, 0.4) is 0 Å². The Morgan fingerprint density at radius 1 is 1.50 bits per heavy atom. The van der Waals surface area contributed by atoms with E-state index in [9.17, 15) is 4.79 Å². The smallest absolute Gasteiger partial charge is 0.361 e. The molecule has 0 spiro atoms. The number of nitrogens with zero attached hydrogens (tertiary/aromatic N) is 4. The maximum Gasteiger partial charge on any atom is 0.361 e. The van der Waals surface area contributed by atoms with E-state index in [1.54, 1.807) is 19.2 Å². The van der Waals surface area contributed by atoms with E-state index in [0.29, 0.717) is 11.4 Å². The summed E-state index contributed by atoms with van der Waals surface area (Å²) in [6.07, 6.45) is 2.94. The predicted octanol–water partition coefficient (Wildman–Crippen LogP) is 0.438. The molecule has 2 rings (SSSR count). The van der Waals surface area contributed by atoms with Crippen molar-refractivity contribution in [1.82, 2.24) is 25.4 Å². The highest BCUT2D eigenvalue weighted by atomic mass is 16.5. The number of aromatic amines is 1. The van der Waals surface area contributed by atoms with Gasteiger partial charge in [-0.3, -0.25) is 0 Å². The van der Waals surface area contributed by atoms with Gasteiger partial charge in [-0.15, -0.1) is 5.10 Å². The van der Waals surface area contributed by atoms with Crippen LogP contribution in [0.2, 0.25) is 0 Å².